The SMILES string of the molecule is CCCN(CC#N)CC1CCOc2ccccc21. The molecule has 0 amide bonds. The molecule has 1 aromatic rings. The molecule has 1 heterocycles. The minimum absolute atomic E-state index is 0.495. The van der Waals surface area contributed by atoms with Crippen molar-refractivity contribution in [2.24, 2.45) is 0 Å². The average Bonchev–Trinajstić information content (AvgIpc) is 2.40. The van der Waals surface area contributed by atoms with Crippen molar-refractivity contribution < 1.29 is 4.74 Å². The number of hydrogen-bond donors (Lipinski definition) is 0. The van der Waals surface area contributed by atoms with Crippen LogP contribution < -0.4 is 4.74 Å². The molecule has 0 saturated carbocycles. The van der Waals surface area contributed by atoms with Gasteiger partial charge >= 0.3 is 0 Å². The van der Waals surface area contributed by atoms with Gasteiger partial charge in [0.25, 0.3) is 0 Å². The molecule has 3 heteroatoms. The van der Waals surface area contributed by atoms with Crippen molar-refractivity contribution in [1.29, 1.82) is 5.26 Å². The summed E-state index contributed by atoms with van der Waals surface area (Å²) < 4.78 is 5.67. The number of nitrogens with zero attached hydrogens (tertiary/aromatic N) is 2. The van der Waals surface area contributed by atoms with E-state index in [1.165, 1.54) is 5.56 Å². The molecule has 0 fully saturated rings. The largest absolute Gasteiger partial charge is 0.493 e. The molecular weight excluding hydrogens is 224 g/mol. The predicted molar refractivity (Wildman–Crippen MR) is 71.6 cm³/mol. The Morgan fingerprint density at radius 2 is 2.28 bits per heavy atom. The van der Waals surface area contributed by atoms with Gasteiger partial charge in [-0.1, -0.05) is 25.1 Å². The normalized spacial score (nSPS) is 17.9. The van der Waals surface area contributed by atoms with E-state index in [0.29, 0.717) is 12.5 Å². The van der Waals surface area contributed by atoms with Crippen LogP contribution in [0.4, 0.5) is 0 Å². The zero-order valence-corrected chi connectivity index (χ0v) is 10.9. The number of para-hydroxylation sites is 1. The fourth-order valence-corrected chi connectivity index (χ4v) is 2.57. The van der Waals surface area contributed by atoms with E-state index in [1.54, 1.807) is 0 Å². The van der Waals surface area contributed by atoms with Gasteiger partial charge in [0.2, 0.25) is 0 Å². The highest BCUT2D eigenvalue weighted by molar-refractivity contribution is 5.37. The summed E-state index contributed by atoms with van der Waals surface area (Å²) in [6, 6.07) is 10.5. The smallest absolute Gasteiger partial charge is 0.122 e. The van der Waals surface area contributed by atoms with Crippen LogP contribution in [-0.4, -0.2) is 31.1 Å². The van der Waals surface area contributed by atoms with Crippen LogP contribution in [0.3, 0.4) is 0 Å². The van der Waals surface area contributed by atoms with Crippen LogP contribution in [0.15, 0.2) is 24.3 Å². The van der Waals surface area contributed by atoms with E-state index in [9.17, 15) is 0 Å². The fraction of sp³-hybridized carbons (Fsp3) is 0.533. The van der Waals surface area contributed by atoms with Crippen molar-refractivity contribution in [1.82, 2.24) is 4.90 Å². The van der Waals surface area contributed by atoms with Crippen LogP contribution in [0.25, 0.3) is 0 Å². The van der Waals surface area contributed by atoms with Crippen LogP contribution in [0.1, 0.15) is 31.2 Å². The summed E-state index contributed by atoms with van der Waals surface area (Å²) >= 11 is 0. The second kappa shape index (κ2) is 6.42. The third-order valence-electron chi connectivity index (χ3n) is 3.40. The standard InChI is InChI=1S/C15H20N2O/c1-2-9-17(10-8-16)12-13-7-11-18-15-6-4-3-5-14(13)15/h3-6,13H,2,7,9-12H2,1H3. The fourth-order valence-electron chi connectivity index (χ4n) is 2.57. The summed E-state index contributed by atoms with van der Waals surface area (Å²) in [5.74, 6) is 1.51. The first kappa shape index (κ1) is 12.9. The van der Waals surface area contributed by atoms with Crippen molar-refractivity contribution in [3.63, 3.8) is 0 Å². The average molecular weight is 244 g/mol. The number of hydrogen-bond acceptors (Lipinski definition) is 3. The van der Waals surface area contributed by atoms with Crippen molar-refractivity contribution >= 4 is 0 Å². The minimum Gasteiger partial charge on any atom is -0.493 e. The number of rotatable bonds is 5. The van der Waals surface area contributed by atoms with Crippen LogP contribution in [0.2, 0.25) is 0 Å². The highest BCUT2D eigenvalue weighted by Gasteiger charge is 2.22. The maximum Gasteiger partial charge on any atom is 0.122 e. The molecular formula is C15H20N2O. The summed E-state index contributed by atoms with van der Waals surface area (Å²) in [5, 5.41) is 8.87. The zero-order chi connectivity index (χ0) is 12.8. The van der Waals surface area contributed by atoms with Gasteiger partial charge in [0.15, 0.2) is 0 Å². The molecule has 0 bridgehead atoms. The Hall–Kier alpha value is -1.53. The Balaban J connectivity index is 2.08. The lowest BCUT2D eigenvalue weighted by Crippen LogP contribution is -2.32. The Morgan fingerprint density at radius 3 is 3.06 bits per heavy atom. The lowest BCUT2D eigenvalue weighted by molar-refractivity contribution is 0.223. The van der Waals surface area contributed by atoms with E-state index >= 15 is 0 Å². The van der Waals surface area contributed by atoms with Crippen LogP contribution >= 0.6 is 0 Å². The Kier molecular flexibility index (Phi) is 4.60. The lowest BCUT2D eigenvalue weighted by Gasteiger charge is -2.30. The Bertz CT molecular complexity index is 425. The summed E-state index contributed by atoms with van der Waals surface area (Å²) in [6.45, 7) is 5.42. The lowest BCUT2D eigenvalue weighted by atomic mass is 9.92. The van der Waals surface area contributed by atoms with Crippen molar-refractivity contribution in [3.05, 3.63) is 29.8 Å². The summed E-state index contributed by atoms with van der Waals surface area (Å²) in [6.07, 6.45) is 2.13. The first-order valence-electron chi connectivity index (χ1n) is 6.66. The topological polar surface area (TPSA) is 36.3 Å². The molecule has 96 valence electrons. The summed E-state index contributed by atoms with van der Waals surface area (Å²) in [7, 11) is 0. The summed E-state index contributed by atoms with van der Waals surface area (Å²) in [5.41, 5.74) is 1.29. The Labute approximate surface area is 109 Å². The molecule has 1 atom stereocenters. The van der Waals surface area contributed by atoms with Gasteiger partial charge in [0, 0.05) is 12.5 Å². The number of benzene rings is 1. The molecule has 18 heavy (non-hydrogen) atoms. The molecule has 1 aromatic carbocycles. The maximum absolute atomic E-state index is 8.87. The number of fused-ring (bicyclic) bond motifs is 1. The Morgan fingerprint density at radius 1 is 1.44 bits per heavy atom. The second-order valence-corrected chi connectivity index (χ2v) is 4.77. The molecule has 0 spiro atoms. The molecule has 0 saturated heterocycles. The first-order valence-corrected chi connectivity index (χ1v) is 6.66. The van der Waals surface area contributed by atoms with E-state index in [2.05, 4.69) is 30.0 Å². The highest BCUT2D eigenvalue weighted by atomic mass is 16.5. The van der Waals surface area contributed by atoms with Crippen LogP contribution in [-0.2, 0) is 0 Å². The maximum atomic E-state index is 8.87. The highest BCUT2D eigenvalue weighted by Crippen LogP contribution is 2.33. The quantitative estimate of drug-likeness (QED) is 0.747. The van der Waals surface area contributed by atoms with Crippen molar-refractivity contribution in [2.45, 2.75) is 25.7 Å². The van der Waals surface area contributed by atoms with Crippen molar-refractivity contribution in [2.75, 3.05) is 26.2 Å². The van der Waals surface area contributed by atoms with E-state index in [4.69, 9.17) is 10.00 Å². The van der Waals surface area contributed by atoms with Gasteiger partial charge in [-0.05, 0) is 31.0 Å². The second-order valence-electron chi connectivity index (χ2n) is 4.77. The van der Waals surface area contributed by atoms with Gasteiger partial charge < -0.3 is 4.74 Å². The molecule has 0 aliphatic carbocycles. The molecule has 1 aliphatic heterocycles. The molecule has 1 unspecified atom stereocenters. The molecule has 0 N–H and O–H groups in total. The summed E-state index contributed by atoms with van der Waals surface area (Å²) in [4.78, 5) is 2.24. The first-order chi connectivity index (χ1) is 8.85. The molecule has 2 rings (SSSR count). The van der Waals surface area contributed by atoms with Gasteiger partial charge in [-0.3, -0.25) is 4.90 Å². The third-order valence-corrected chi connectivity index (χ3v) is 3.40. The molecule has 0 radical (unpaired) electrons. The van der Waals surface area contributed by atoms with Gasteiger partial charge in [-0.15, -0.1) is 0 Å². The predicted octanol–water partition coefficient (Wildman–Crippen LogP) is 2.79. The van der Waals surface area contributed by atoms with Gasteiger partial charge in [-0.25, -0.2) is 0 Å². The number of ether oxygens (including phenoxy) is 1. The van der Waals surface area contributed by atoms with Gasteiger partial charge in [0.05, 0.1) is 19.2 Å². The molecule has 3 nitrogen and oxygen atoms in total. The van der Waals surface area contributed by atoms with E-state index in [1.807, 2.05) is 12.1 Å². The molecule has 1 aliphatic rings. The van der Waals surface area contributed by atoms with E-state index in [-0.39, 0.29) is 0 Å². The van der Waals surface area contributed by atoms with Crippen LogP contribution in [0, 0.1) is 11.3 Å². The number of nitriles is 1. The van der Waals surface area contributed by atoms with Gasteiger partial charge in [-0.2, -0.15) is 5.26 Å². The third kappa shape index (κ3) is 3.02. The van der Waals surface area contributed by atoms with Gasteiger partial charge in [0.1, 0.15) is 5.75 Å². The van der Waals surface area contributed by atoms with Crippen LogP contribution in [0.5, 0.6) is 5.75 Å². The molecule has 0 aromatic heterocycles. The van der Waals surface area contributed by atoms with Crippen molar-refractivity contribution in [3.8, 4) is 11.8 Å². The van der Waals surface area contributed by atoms with E-state index < -0.39 is 0 Å². The monoisotopic (exact) mass is 244 g/mol. The van der Waals surface area contributed by atoms with E-state index in [0.717, 1.165) is 38.3 Å². The zero-order valence-electron chi connectivity index (χ0n) is 10.9. The minimum atomic E-state index is 0.495.